The molecule has 0 fully saturated rings. The van der Waals surface area contributed by atoms with Crippen molar-refractivity contribution in [3.05, 3.63) is 47.5 Å². The van der Waals surface area contributed by atoms with Gasteiger partial charge in [0.2, 0.25) is 0 Å². The first kappa shape index (κ1) is 15.6. The van der Waals surface area contributed by atoms with E-state index in [2.05, 4.69) is 32.0 Å². The van der Waals surface area contributed by atoms with E-state index in [0.717, 1.165) is 23.1 Å². The van der Waals surface area contributed by atoms with Gasteiger partial charge in [-0.1, -0.05) is 57.2 Å². The fourth-order valence-electron chi connectivity index (χ4n) is 2.93. The Balaban J connectivity index is 2.71. The quantitative estimate of drug-likeness (QED) is 0.861. The summed E-state index contributed by atoms with van der Waals surface area (Å²) in [6, 6.07) is 12.2. The van der Waals surface area contributed by atoms with Gasteiger partial charge in [0.25, 0.3) is 0 Å². The van der Waals surface area contributed by atoms with Crippen molar-refractivity contribution >= 4 is 5.97 Å². The molecule has 0 amide bonds. The standard InChI is InChI=1S/C19H24O2/c1-5-19(4,18(20)21)16-9-7-6-8-14-10-11-15(17(14)16)12-13(2)3/h6-11,13H,5,12H2,1-4H3,(H,20,21). The minimum atomic E-state index is -0.850. The molecule has 0 radical (unpaired) electrons. The Morgan fingerprint density at radius 1 is 1.19 bits per heavy atom. The van der Waals surface area contributed by atoms with Crippen molar-refractivity contribution in [3.8, 4) is 11.1 Å². The number of hydrogen-bond donors (Lipinski definition) is 1. The average Bonchev–Trinajstić information content (AvgIpc) is 2.68. The Morgan fingerprint density at radius 2 is 1.86 bits per heavy atom. The van der Waals surface area contributed by atoms with Crippen LogP contribution >= 0.6 is 0 Å². The second kappa shape index (κ2) is 5.88. The van der Waals surface area contributed by atoms with E-state index in [-0.39, 0.29) is 0 Å². The highest BCUT2D eigenvalue weighted by molar-refractivity contribution is 5.86. The Labute approximate surface area is 127 Å². The van der Waals surface area contributed by atoms with E-state index >= 15 is 0 Å². The molecular weight excluding hydrogens is 260 g/mol. The van der Waals surface area contributed by atoms with Crippen molar-refractivity contribution in [2.75, 3.05) is 0 Å². The van der Waals surface area contributed by atoms with Crippen LogP contribution < -0.4 is 0 Å². The minimum absolute atomic E-state index is 0.548. The topological polar surface area (TPSA) is 37.3 Å². The van der Waals surface area contributed by atoms with Gasteiger partial charge in [0, 0.05) is 0 Å². The number of fused-ring (bicyclic) bond motifs is 1. The molecule has 0 aromatic rings. The first-order valence-electron chi connectivity index (χ1n) is 7.64. The number of aliphatic carboxylic acids is 1. The number of carbonyl (C=O) groups is 1. The Bertz CT molecular complexity index is 615. The monoisotopic (exact) mass is 284 g/mol. The van der Waals surface area contributed by atoms with Crippen molar-refractivity contribution in [1.29, 1.82) is 0 Å². The molecule has 1 unspecified atom stereocenters. The molecule has 2 rings (SSSR count). The summed E-state index contributed by atoms with van der Waals surface area (Å²) in [6.45, 7) is 8.16. The van der Waals surface area contributed by atoms with Crippen molar-refractivity contribution < 1.29 is 9.90 Å². The third-order valence-corrected chi connectivity index (χ3v) is 4.39. The van der Waals surface area contributed by atoms with Gasteiger partial charge in [0.05, 0.1) is 5.41 Å². The summed E-state index contributed by atoms with van der Waals surface area (Å²) < 4.78 is 0. The van der Waals surface area contributed by atoms with E-state index in [9.17, 15) is 9.90 Å². The predicted octanol–water partition coefficient (Wildman–Crippen LogP) is 4.74. The van der Waals surface area contributed by atoms with Crippen LogP contribution in [0.1, 0.15) is 45.2 Å². The van der Waals surface area contributed by atoms with Crippen molar-refractivity contribution in [1.82, 2.24) is 0 Å². The van der Waals surface area contributed by atoms with E-state index in [4.69, 9.17) is 0 Å². The fraction of sp³-hybridized carbons (Fsp3) is 0.421. The van der Waals surface area contributed by atoms with Crippen molar-refractivity contribution in [2.45, 2.75) is 46.0 Å². The third kappa shape index (κ3) is 2.80. The van der Waals surface area contributed by atoms with Gasteiger partial charge >= 0.3 is 5.97 Å². The summed E-state index contributed by atoms with van der Waals surface area (Å²) in [7, 11) is 0. The van der Waals surface area contributed by atoms with Crippen LogP contribution in [0.5, 0.6) is 0 Å². The predicted molar refractivity (Wildman–Crippen MR) is 86.9 cm³/mol. The smallest absolute Gasteiger partial charge is 0.313 e. The van der Waals surface area contributed by atoms with Crippen LogP contribution in [0.2, 0.25) is 0 Å². The Morgan fingerprint density at radius 3 is 2.43 bits per heavy atom. The molecule has 1 atom stereocenters. The van der Waals surface area contributed by atoms with Crippen LogP contribution in [0.4, 0.5) is 0 Å². The highest BCUT2D eigenvalue weighted by Crippen LogP contribution is 2.40. The van der Waals surface area contributed by atoms with Crippen LogP contribution in [0.3, 0.4) is 0 Å². The highest BCUT2D eigenvalue weighted by atomic mass is 16.4. The van der Waals surface area contributed by atoms with Crippen LogP contribution in [-0.2, 0) is 16.6 Å². The largest absolute Gasteiger partial charge is 0.481 e. The SMILES string of the molecule is CCC(C)(C(=O)O)c1ccccc2ccc(CC(C)C)c1-2. The average molecular weight is 284 g/mol. The maximum absolute atomic E-state index is 11.9. The van der Waals surface area contributed by atoms with E-state index in [1.807, 2.05) is 32.0 Å². The number of carboxylic acid groups (broad SMARTS) is 1. The summed E-state index contributed by atoms with van der Waals surface area (Å²) >= 11 is 0. The molecule has 0 spiro atoms. The van der Waals surface area contributed by atoms with Crippen molar-refractivity contribution in [2.24, 2.45) is 5.92 Å². The molecule has 0 aromatic carbocycles. The van der Waals surface area contributed by atoms with Gasteiger partial charge in [0.1, 0.15) is 0 Å². The number of rotatable bonds is 5. The lowest BCUT2D eigenvalue weighted by atomic mass is 9.77. The second-order valence-electron chi connectivity index (χ2n) is 6.41. The lowest BCUT2D eigenvalue weighted by Crippen LogP contribution is -2.32. The summed E-state index contributed by atoms with van der Waals surface area (Å²) in [5.74, 6) is -0.208. The van der Waals surface area contributed by atoms with Gasteiger partial charge in [-0.2, -0.15) is 0 Å². The lowest BCUT2D eigenvalue weighted by molar-refractivity contribution is -0.143. The molecule has 0 heterocycles. The molecule has 2 heteroatoms. The summed E-state index contributed by atoms with van der Waals surface area (Å²) in [5.41, 5.74) is 3.59. The molecule has 0 aromatic heterocycles. The van der Waals surface area contributed by atoms with Gasteiger partial charge in [-0.3, -0.25) is 4.79 Å². The number of carboxylic acids is 1. The summed E-state index contributed by atoms with van der Waals surface area (Å²) in [5, 5.41) is 9.74. The summed E-state index contributed by atoms with van der Waals surface area (Å²) in [4.78, 5) is 11.9. The van der Waals surface area contributed by atoms with Gasteiger partial charge < -0.3 is 5.11 Å². The third-order valence-electron chi connectivity index (χ3n) is 4.39. The first-order valence-corrected chi connectivity index (χ1v) is 7.64. The normalized spacial score (nSPS) is 14.3. The van der Waals surface area contributed by atoms with E-state index in [1.54, 1.807) is 0 Å². The molecule has 21 heavy (non-hydrogen) atoms. The zero-order valence-electron chi connectivity index (χ0n) is 13.3. The van der Waals surface area contributed by atoms with Crippen LogP contribution in [0, 0.1) is 5.92 Å². The van der Waals surface area contributed by atoms with Crippen LogP contribution in [0.15, 0.2) is 36.4 Å². The van der Waals surface area contributed by atoms with Gasteiger partial charge in [-0.15, -0.1) is 0 Å². The molecule has 2 aliphatic rings. The second-order valence-corrected chi connectivity index (χ2v) is 6.41. The maximum Gasteiger partial charge on any atom is 0.313 e. The van der Waals surface area contributed by atoms with E-state index in [0.29, 0.717) is 12.3 Å². The molecule has 0 saturated carbocycles. The molecule has 2 nitrogen and oxygen atoms in total. The molecule has 0 saturated heterocycles. The molecule has 0 bridgehead atoms. The molecule has 2 aliphatic carbocycles. The first-order chi connectivity index (χ1) is 9.90. The molecule has 112 valence electrons. The van der Waals surface area contributed by atoms with Crippen LogP contribution in [-0.4, -0.2) is 11.1 Å². The molecule has 1 N–H and O–H groups in total. The highest BCUT2D eigenvalue weighted by Gasteiger charge is 2.36. The zero-order valence-corrected chi connectivity index (χ0v) is 13.3. The molecular formula is C19H24O2. The fourth-order valence-corrected chi connectivity index (χ4v) is 2.93. The Hall–Kier alpha value is -1.83. The zero-order chi connectivity index (χ0) is 15.6. The molecule has 0 aliphatic heterocycles. The maximum atomic E-state index is 11.9. The number of hydrogen-bond acceptors (Lipinski definition) is 1. The minimum Gasteiger partial charge on any atom is -0.481 e. The van der Waals surface area contributed by atoms with E-state index in [1.165, 1.54) is 5.56 Å². The van der Waals surface area contributed by atoms with Crippen LogP contribution in [0.25, 0.3) is 11.1 Å². The Kier molecular flexibility index (Phi) is 4.36. The van der Waals surface area contributed by atoms with Crippen molar-refractivity contribution in [3.63, 3.8) is 0 Å². The summed E-state index contributed by atoms with van der Waals surface area (Å²) in [6.07, 6.45) is 1.55. The van der Waals surface area contributed by atoms with Gasteiger partial charge in [-0.05, 0) is 47.9 Å². The van der Waals surface area contributed by atoms with Gasteiger partial charge in [-0.25, -0.2) is 0 Å². The lowest BCUT2D eigenvalue weighted by Gasteiger charge is -2.26. The van der Waals surface area contributed by atoms with E-state index < -0.39 is 11.4 Å². The van der Waals surface area contributed by atoms with Gasteiger partial charge in [0.15, 0.2) is 0 Å².